The van der Waals surface area contributed by atoms with Crippen LogP contribution < -0.4 is 4.74 Å². The van der Waals surface area contributed by atoms with Gasteiger partial charge in [0, 0.05) is 18.1 Å². The average Bonchev–Trinajstić information content (AvgIpc) is 3.53. The van der Waals surface area contributed by atoms with Crippen molar-refractivity contribution in [2.75, 3.05) is 0 Å². The molecule has 0 amide bonds. The Kier molecular flexibility index (Phi) is 4.69. The van der Waals surface area contributed by atoms with E-state index in [2.05, 4.69) is 25.3 Å². The van der Waals surface area contributed by atoms with Crippen molar-refractivity contribution in [2.45, 2.75) is 18.7 Å². The minimum absolute atomic E-state index is 0.375. The number of fused-ring (bicyclic) bond motifs is 3. The van der Waals surface area contributed by atoms with Gasteiger partial charge in [0.25, 0.3) is 0 Å². The molecule has 0 aliphatic carbocycles. The fourth-order valence-electron chi connectivity index (χ4n) is 4.10. The Morgan fingerprint density at radius 2 is 1.80 bits per heavy atom. The summed E-state index contributed by atoms with van der Waals surface area (Å²) in [5.41, 5.74) is 2.61. The topological polar surface area (TPSA) is 92.2 Å². The smallest absolute Gasteiger partial charge is 0.416 e. The molecule has 0 radical (unpaired) electrons. The van der Waals surface area contributed by atoms with E-state index in [0.29, 0.717) is 34.9 Å². The number of hydrogen-bond acceptors (Lipinski definition) is 7. The van der Waals surface area contributed by atoms with E-state index in [4.69, 9.17) is 9.57 Å². The number of oxime groups is 1. The van der Waals surface area contributed by atoms with E-state index >= 15 is 0 Å². The monoisotopic (exact) mass is 479 g/mol. The van der Waals surface area contributed by atoms with Gasteiger partial charge in [0.1, 0.15) is 11.8 Å². The maximum Gasteiger partial charge on any atom is 0.416 e. The van der Waals surface area contributed by atoms with Gasteiger partial charge in [-0.05, 0) is 42.0 Å². The number of hydrogen-bond donors (Lipinski definition) is 0. The molecule has 3 aromatic heterocycles. The van der Waals surface area contributed by atoms with E-state index in [9.17, 15) is 13.2 Å². The molecule has 1 unspecified atom stereocenters. The lowest BCUT2D eigenvalue weighted by atomic mass is 10.0. The number of halogens is 3. The molecule has 1 aliphatic heterocycles. The third-order valence-corrected chi connectivity index (χ3v) is 5.66. The highest BCUT2D eigenvalue weighted by Gasteiger charge is 2.30. The van der Waals surface area contributed by atoms with Crippen LogP contribution in [0.15, 0.2) is 66.3 Å². The van der Waals surface area contributed by atoms with E-state index < -0.39 is 11.7 Å². The third kappa shape index (κ3) is 3.72. The average molecular weight is 479 g/mol. The molecule has 4 heterocycles. The van der Waals surface area contributed by atoms with Gasteiger partial charge in [0.2, 0.25) is 5.90 Å². The lowest BCUT2D eigenvalue weighted by molar-refractivity contribution is -0.137. The van der Waals surface area contributed by atoms with Gasteiger partial charge in [-0.3, -0.25) is 4.57 Å². The van der Waals surface area contributed by atoms with Crippen molar-refractivity contribution >= 4 is 28.0 Å². The first-order chi connectivity index (χ1) is 16.9. The van der Waals surface area contributed by atoms with E-state index in [0.717, 1.165) is 28.6 Å². The van der Waals surface area contributed by atoms with Crippen molar-refractivity contribution in [3.63, 3.8) is 0 Å². The van der Waals surface area contributed by atoms with Crippen molar-refractivity contribution in [2.24, 2.45) is 12.2 Å². The molecule has 0 fully saturated rings. The standard InChI is InChI=1S/C23H16F3N7O2/c1-32-29-21-17-8-13(19-9-20(31-35-19)34-16-10-27-12-28-11-16)2-7-18(17)33(22(21)30-32)15-5-3-14(4-6-15)23(24,25)26/h2-8,10-12,19H,9H2,1H3. The normalized spacial score (nSPS) is 16.0. The lowest BCUT2D eigenvalue weighted by Gasteiger charge is -2.11. The predicted molar refractivity (Wildman–Crippen MR) is 119 cm³/mol. The zero-order valence-corrected chi connectivity index (χ0v) is 18.1. The predicted octanol–water partition coefficient (Wildman–Crippen LogP) is 4.57. The zero-order valence-electron chi connectivity index (χ0n) is 18.1. The van der Waals surface area contributed by atoms with Crippen LogP contribution >= 0.6 is 0 Å². The number of aryl methyl sites for hydroxylation is 1. The molecule has 0 N–H and O–H groups in total. The SMILES string of the molecule is Cn1nc2c3cc(C4CC(Oc5cncnc5)=NO4)ccc3n(-c3ccc(C(F)(F)F)cc3)c2n1. The summed E-state index contributed by atoms with van der Waals surface area (Å²) in [6, 6.07) is 10.7. The largest absolute Gasteiger partial charge is 0.436 e. The fraction of sp³-hybridized carbons (Fsp3) is 0.174. The number of benzene rings is 2. The minimum Gasteiger partial charge on any atom is -0.436 e. The molecule has 1 aliphatic rings. The van der Waals surface area contributed by atoms with Crippen molar-refractivity contribution in [3.8, 4) is 11.4 Å². The second-order valence-electron chi connectivity index (χ2n) is 7.98. The fourth-order valence-corrected chi connectivity index (χ4v) is 4.10. The Morgan fingerprint density at radius 3 is 2.54 bits per heavy atom. The van der Waals surface area contributed by atoms with Crippen molar-refractivity contribution in [3.05, 3.63) is 72.3 Å². The summed E-state index contributed by atoms with van der Waals surface area (Å²) < 4.78 is 46.6. The maximum absolute atomic E-state index is 13.0. The minimum atomic E-state index is -4.41. The first kappa shape index (κ1) is 21.1. The van der Waals surface area contributed by atoms with Crippen LogP contribution in [0.3, 0.4) is 0 Å². The van der Waals surface area contributed by atoms with Crippen molar-refractivity contribution in [1.29, 1.82) is 0 Å². The molecule has 35 heavy (non-hydrogen) atoms. The van der Waals surface area contributed by atoms with Gasteiger partial charge in [-0.25, -0.2) is 9.97 Å². The van der Waals surface area contributed by atoms with Crippen LogP contribution in [0.2, 0.25) is 0 Å². The summed E-state index contributed by atoms with van der Waals surface area (Å²) in [6.07, 6.45) is 0.0898. The van der Waals surface area contributed by atoms with E-state index in [1.165, 1.54) is 35.7 Å². The van der Waals surface area contributed by atoms with Crippen LogP contribution in [-0.2, 0) is 18.1 Å². The summed E-state index contributed by atoms with van der Waals surface area (Å²) in [4.78, 5) is 14.8. The second-order valence-corrected chi connectivity index (χ2v) is 7.98. The maximum atomic E-state index is 13.0. The summed E-state index contributed by atoms with van der Waals surface area (Å²) in [5.74, 6) is 0.859. The molecule has 0 bridgehead atoms. The molecule has 0 spiro atoms. The van der Waals surface area contributed by atoms with Gasteiger partial charge in [-0.1, -0.05) is 11.2 Å². The van der Waals surface area contributed by atoms with E-state index in [1.807, 2.05) is 18.2 Å². The van der Waals surface area contributed by atoms with E-state index in [1.54, 1.807) is 11.6 Å². The van der Waals surface area contributed by atoms with Crippen LogP contribution in [-0.4, -0.2) is 35.4 Å². The molecule has 0 saturated heterocycles. The van der Waals surface area contributed by atoms with Gasteiger partial charge in [0.15, 0.2) is 17.5 Å². The Labute approximate surface area is 195 Å². The molecule has 0 saturated carbocycles. The molecule has 2 aromatic carbocycles. The highest BCUT2D eigenvalue weighted by atomic mass is 19.4. The Morgan fingerprint density at radius 1 is 1.03 bits per heavy atom. The van der Waals surface area contributed by atoms with Crippen molar-refractivity contribution < 1.29 is 22.7 Å². The number of rotatable bonds is 3. The highest BCUT2D eigenvalue weighted by molar-refractivity contribution is 6.05. The Bertz CT molecular complexity index is 1570. The molecule has 5 aromatic rings. The molecule has 1 atom stereocenters. The first-order valence-corrected chi connectivity index (χ1v) is 10.6. The van der Waals surface area contributed by atoms with Gasteiger partial charge >= 0.3 is 6.18 Å². The number of ether oxygens (including phenoxy) is 1. The van der Waals surface area contributed by atoms with Crippen LogP contribution in [0, 0.1) is 0 Å². The third-order valence-electron chi connectivity index (χ3n) is 5.66. The van der Waals surface area contributed by atoms with Crippen LogP contribution in [0.25, 0.3) is 27.8 Å². The molecule has 9 nitrogen and oxygen atoms in total. The number of alkyl halides is 3. The van der Waals surface area contributed by atoms with Gasteiger partial charge in [-0.2, -0.15) is 23.1 Å². The van der Waals surface area contributed by atoms with Crippen LogP contribution in [0.4, 0.5) is 13.2 Å². The van der Waals surface area contributed by atoms with Crippen molar-refractivity contribution in [1.82, 2.24) is 29.5 Å². The number of aromatic nitrogens is 6. The summed E-state index contributed by atoms with van der Waals surface area (Å²) in [6.45, 7) is 0. The van der Waals surface area contributed by atoms with Gasteiger partial charge in [0.05, 0.1) is 29.9 Å². The summed E-state index contributed by atoms with van der Waals surface area (Å²) >= 11 is 0. The zero-order chi connectivity index (χ0) is 24.2. The summed E-state index contributed by atoms with van der Waals surface area (Å²) in [7, 11) is 1.69. The second kappa shape index (κ2) is 7.79. The molecular weight excluding hydrogens is 463 g/mol. The quantitative estimate of drug-likeness (QED) is 0.376. The first-order valence-electron chi connectivity index (χ1n) is 10.6. The van der Waals surface area contributed by atoms with Crippen LogP contribution in [0.5, 0.6) is 5.75 Å². The molecule has 6 rings (SSSR count). The Balaban J connectivity index is 1.36. The van der Waals surface area contributed by atoms with Gasteiger partial charge in [-0.15, -0.1) is 5.10 Å². The van der Waals surface area contributed by atoms with Gasteiger partial charge < -0.3 is 9.57 Å². The van der Waals surface area contributed by atoms with Crippen LogP contribution in [0.1, 0.15) is 23.7 Å². The molecular formula is C23H16F3N7O2. The Hall–Kier alpha value is -4.48. The van der Waals surface area contributed by atoms with E-state index in [-0.39, 0.29) is 6.10 Å². The lowest BCUT2D eigenvalue weighted by Crippen LogP contribution is -2.07. The number of nitrogens with zero attached hydrogens (tertiary/aromatic N) is 7. The highest BCUT2D eigenvalue weighted by Crippen LogP contribution is 2.36. The summed E-state index contributed by atoms with van der Waals surface area (Å²) in [5, 5.41) is 13.7. The molecule has 176 valence electrons. The molecule has 12 heteroatoms.